The third-order valence-corrected chi connectivity index (χ3v) is 2.60. The zero-order valence-corrected chi connectivity index (χ0v) is 7.90. The van der Waals surface area contributed by atoms with Crippen molar-refractivity contribution in [3.05, 3.63) is 0 Å². The van der Waals surface area contributed by atoms with Gasteiger partial charge in [0.1, 0.15) is 0 Å². The van der Waals surface area contributed by atoms with Gasteiger partial charge in [0.2, 0.25) is 0 Å². The van der Waals surface area contributed by atoms with Crippen molar-refractivity contribution in [1.29, 1.82) is 0 Å². The number of rotatable bonds is 5. The molecule has 1 aliphatic carbocycles. The molecule has 0 aliphatic heterocycles. The maximum atomic E-state index is 5.96. The SMILES string of the molecule is CC(C)CCCCC1(N)CC1. The van der Waals surface area contributed by atoms with Crippen LogP contribution in [0.2, 0.25) is 0 Å². The highest BCUT2D eigenvalue weighted by molar-refractivity contribution is 4.97. The van der Waals surface area contributed by atoms with Crippen LogP contribution in [0.15, 0.2) is 0 Å². The van der Waals surface area contributed by atoms with Crippen molar-refractivity contribution in [2.45, 2.75) is 57.9 Å². The number of hydrogen-bond donors (Lipinski definition) is 1. The first-order valence-corrected chi connectivity index (χ1v) is 4.91. The molecule has 0 aromatic carbocycles. The minimum absolute atomic E-state index is 0.289. The van der Waals surface area contributed by atoms with Gasteiger partial charge in [-0.05, 0) is 25.2 Å². The van der Waals surface area contributed by atoms with Crippen molar-refractivity contribution >= 4 is 0 Å². The van der Waals surface area contributed by atoms with E-state index < -0.39 is 0 Å². The van der Waals surface area contributed by atoms with Crippen LogP contribution < -0.4 is 5.73 Å². The molecule has 0 amide bonds. The fraction of sp³-hybridized carbons (Fsp3) is 1.00. The quantitative estimate of drug-likeness (QED) is 0.607. The summed E-state index contributed by atoms with van der Waals surface area (Å²) in [6, 6.07) is 0. The van der Waals surface area contributed by atoms with Crippen LogP contribution in [0.1, 0.15) is 52.4 Å². The molecule has 0 aromatic heterocycles. The monoisotopic (exact) mass is 155 g/mol. The highest BCUT2D eigenvalue weighted by atomic mass is 14.8. The molecule has 0 heterocycles. The van der Waals surface area contributed by atoms with Crippen molar-refractivity contribution in [2.24, 2.45) is 11.7 Å². The first-order valence-electron chi connectivity index (χ1n) is 4.91. The maximum absolute atomic E-state index is 5.96. The lowest BCUT2D eigenvalue weighted by atomic mass is 10.0. The molecule has 1 saturated carbocycles. The standard InChI is InChI=1S/C10H21N/c1-9(2)5-3-4-6-10(11)7-8-10/h9H,3-8,11H2,1-2H3. The molecule has 0 radical (unpaired) electrons. The Morgan fingerprint density at radius 2 is 1.91 bits per heavy atom. The summed E-state index contributed by atoms with van der Waals surface area (Å²) in [5, 5.41) is 0. The van der Waals surface area contributed by atoms with E-state index in [4.69, 9.17) is 5.73 Å². The van der Waals surface area contributed by atoms with Crippen LogP contribution in [-0.4, -0.2) is 5.54 Å². The number of nitrogens with two attached hydrogens (primary N) is 1. The Hall–Kier alpha value is -0.0400. The van der Waals surface area contributed by atoms with Crippen molar-refractivity contribution in [2.75, 3.05) is 0 Å². The summed E-state index contributed by atoms with van der Waals surface area (Å²) in [5.74, 6) is 0.864. The molecule has 0 bridgehead atoms. The summed E-state index contributed by atoms with van der Waals surface area (Å²) >= 11 is 0. The Morgan fingerprint density at radius 1 is 1.27 bits per heavy atom. The molecule has 0 unspecified atom stereocenters. The van der Waals surface area contributed by atoms with Crippen molar-refractivity contribution in [3.63, 3.8) is 0 Å². The van der Waals surface area contributed by atoms with E-state index in [0.29, 0.717) is 0 Å². The zero-order chi connectivity index (χ0) is 8.32. The Labute approximate surface area is 70.4 Å². The van der Waals surface area contributed by atoms with Gasteiger partial charge in [0.15, 0.2) is 0 Å². The molecule has 1 aliphatic rings. The fourth-order valence-electron chi connectivity index (χ4n) is 1.44. The molecule has 1 rings (SSSR count). The number of hydrogen-bond acceptors (Lipinski definition) is 1. The van der Waals surface area contributed by atoms with E-state index in [9.17, 15) is 0 Å². The van der Waals surface area contributed by atoms with Crippen molar-refractivity contribution in [1.82, 2.24) is 0 Å². The molecule has 0 atom stereocenters. The van der Waals surface area contributed by atoms with Crippen LogP contribution in [0, 0.1) is 5.92 Å². The largest absolute Gasteiger partial charge is 0.325 e. The van der Waals surface area contributed by atoms with Crippen LogP contribution in [0.3, 0.4) is 0 Å². The summed E-state index contributed by atoms with van der Waals surface area (Å²) in [4.78, 5) is 0. The van der Waals surface area contributed by atoms with Crippen LogP contribution >= 0.6 is 0 Å². The minimum Gasteiger partial charge on any atom is -0.325 e. The molecule has 0 aromatic rings. The first-order chi connectivity index (χ1) is 5.12. The minimum atomic E-state index is 0.289. The summed E-state index contributed by atoms with van der Waals surface area (Å²) < 4.78 is 0. The van der Waals surface area contributed by atoms with Crippen LogP contribution in [0.5, 0.6) is 0 Å². The van der Waals surface area contributed by atoms with E-state index in [1.165, 1.54) is 38.5 Å². The summed E-state index contributed by atoms with van der Waals surface area (Å²) in [5.41, 5.74) is 6.25. The predicted molar refractivity (Wildman–Crippen MR) is 49.5 cm³/mol. The lowest BCUT2D eigenvalue weighted by Crippen LogP contribution is -2.20. The summed E-state index contributed by atoms with van der Waals surface area (Å²) in [6.45, 7) is 4.57. The van der Waals surface area contributed by atoms with Gasteiger partial charge < -0.3 is 5.73 Å². The van der Waals surface area contributed by atoms with Gasteiger partial charge in [0.25, 0.3) is 0 Å². The average molecular weight is 155 g/mol. The third-order valence-electron chi connectivity index (χ3n) is 2.60. The van der Waals surface area contributed by atoms with Gasteiger partial charge in [-0.1, -0.05) is 33.1 Å². The second kappa shape index (κ2) is 3.57. The molecule has 1 fully saturated rings. The lowest BCUT2D eigenvalue weighted by molar-refractivity contribution is 0.492. The molecule has 1 heteroatoms. The molecule has 2 N–H and O–H groups in total. The van der Waals surface area contributed by atoms with E-state index in [1.54, 1.807) is 0 Å². The first kappa shape index (κ1) is 9.05. The zero-order valence-electron chi connectivity index (χ0n) is 7.90. The molecule has 0 spiro atoms. The van der Waals surface area contributed by atoms with Crippen molar-refractivity contribution < 1.29 is 0 Å². The Kier molecular flexibility index (Phi) is 2.94. The number of unbranched alkanes of at least 4 members (excludes halogenated alkanes) is 1. The highest BCUT2D eigenvalue weighted by Gasteiger charge is 2.36. The highest BCUT2D eigenvalue weighted by Crippen LogP contribution is 2.37. The second-order valence-electron chi connectivity index (χ2n) is 4.50. The van der Waals surface area contributed by atoms with Crippen LogP contribution in [-0.2, 0) is 0 Å². The second-order valence-corrected chi connectivity index (χ2v) is 4.50. The topological polar surface area (TPSA) is 26.0 Å². The van der Waals surface area contributed by atoms with Gasteiger partial charge in [0.05, 0.1) is 0 Å². The Bertz CT molecular complexity index is 114. The van der Waals surface area contributed by atoms with Gasteiger partial charge in [0, 0.05) is 5.54 Å². The van der Waals surface area contributed by atoms with E-state index in [1.807, 2.05) is 0 Å². The smallest absolute Gasteiger partial charge is 0.0155 e. The van der Waals surface area contributed by atoms with E-state index in [0.717, 1.165) is 5.92 Å². The average Bonchev–Trinajstić information content (AvgIpc) is 2.62. The van der Waals surface area contributed by atoms with E-state index >= 15 is 0 Å². The maximum Gasteiger partial charge on any atom is 0.0155 e. The fourth-order valence-corrected chi connectivity index (χ4v) is 1.44. The van der Waals surface area contributed by atoms with Crippen molar-refractivity contribution in [3.8, 4) is 0 Å². The van der Waals surface area contributed by atoms with Gasteiger partial charge in [-0.15, -0.1) is 0 Å². The molecule has 0 saturated heterocycles. The van der Waals surface area contributed by atoms with Gasteiger partial charge >= 0.3 is 0 Å². The third kappa shape index (κ3) is 3.76. The predicted octanol–water partition coefficient (Wildman–Crippen LogP) is 2.69. The van der Waals surface area contributed by atoms with Gasteiger partial charge in [-0.2, -0.15) is 0 Å². The van der Waals surface area contributed by atoms with Gasteiger partial charge in [-0.3, -0.25) is 0 Å². The molecule has 66 valence electrons. The molecule has 1 nitrogen and oxygen atoms in total. The molecular weight excluding hydrogens is 134 g/mol. The summed E-state index contributed by atoms with van der Waals surface area (Å²) in [7, 11) is 0. The van der Waals surface area contributed by atoms with Crippen LogP contribution in [0.25, 0.3) is 0 Å². The Morgan fingerprint density at radius 3 is 2.36 bits per heavy atom. The molecule has 11 heavy (non-hydrogen) atoms. The lowest BCUT2D eigenvalue weighted by Gasteiger charge is -2.08. The van der Waals surface area contributed by atoms with Crippen LogP contribution in [0.4, 0.5) is 0 Å². The van der Waals surface area contributed by atoms with E-state index in [2.05, 4.69) is 13.8 Å². The van der Waals surface area contributed by atoms with Gasteiger partial charge in [-0.25, -0.2) is 0 Å². The summed E-state index contributed by atoms with van der Waals surface area (Å²) in [6.07, 6.45) is 7.89. The molecular formula is C10H21N. The normalized spacial score (nSPS) is 20.7. The van der Waals surface area contributed by atoms with E-state index in [-0.39, 0.29) is 5.54 Å². The Balaban J connectivity index is 1.88.